The second kappa shape index (κ2) is 13.1. The standard InChI is InChI=1S/C53H40N2/c1-2-16-44(17-3-1)55-50-21-11-10-20-49(50)54-53(55)38-26-22-37(23-27-38)41-30-31-47-48(34-41)52(43-29-25-36-13-5-7-15-40(36)33-43)46-19-9-8-18-45(46)51(47)42-28-24-35-12-4-6-14-39(35)32-42/h1-23,26-27,30-33,41H,24-25,28-29,34H2. The number of para-hydroxylation sites is 3. The van der Waals surface area contributed by atoms with Gasteiger partial charge in [-0.1, -0.05) is 152 Å². The summed E-state index contributed by atoms with van der Waals surface area (Å²) in [6.45, 7) is 0. The number of fused-ring (bicyclic) bond motifs is 5. The van der Waals surface area contributed by atoms with Gasteiger partial charge in [0, 0.05) is 17.2 Å². The van der Waals surface area contributed by atoms with Crippen LogP contribution in [0.3, 0.4) is 0 Å². The number of imidazole rings is 1. The molecular weight excluding hydrogens is 665 g/mol. The first-order valence-corrected chi connectivity index (χ1v) is 19.7. The molecule has 8 aromatic rings. The number of aryl methyl sites for hydroxylation is 2. The molecule has 0 amide bonds. The first-order chi connectivity index (χ1) is 27.3. The zero-order valence-corrected chi connectivity index (χ0v) is 30.8. The number of allylic oxidation sites excluding steroid dienone is 3. The summed E-state index contributed by atoms with van der Waals surface area (Å²) in [5, 5.41) is 2.75. The molecule has 3 aliphatic rings. The Hall–Kier alpha value is -6.51. The third-order valence-corrected chi connectivity index (χ3v) is 12.2. The van der Waals surface area contributed by atoms with Gasteiger partial charge < -0.3 is 0 Å². The number of rotatable bonds is 5. The summed E-state index contributed by atoms with van der Waals surface area (Å²) >= 11 is 0. The van der Waals surface area contributed by atoms with Crippen LogP contribution in [0, 0.1) is 0 Å². The molecule has 1 unspecified atom stereocenters. The molecule has 0 saturated carbocycles. The Labute approximate surface area is 322 Å². The van der Waals surface area contributed by atoms with E-state index < -0.39 is 0 Å². The van der Waals surface area contributed by atoms with E-state index >= 15 is 0 Å². The topological polar surface area (TPSA) is 17.8 Å². The minimum atomic E-state index is 0.264. The Morgan fingerprint density at radius 3 is 1.85 bits per heavy atom. The van der Waals surface area contributed by atoms with E-state index in [1.54, 1.807) is 0 Å². The van der Waals surface area contributed by atoms with Gasteiger partial charge >= 0.3 is 0 Å². The fourth-order valence-corrected chi connectivity index (χ4v) is 9.55. The lowest BCUT2D eigenvalue weighted by Crippen LogP contribution is -2.13. The van der Waals surface area contributed by atoms with Gasteiger partial charge in [0.25, 0.3) is 0 Å². The van der Waals surface area contributed by atoms with E-state index in [0.29, 0.717) is 0 Å². The molecule has 0 N–H and O–H groups in total. The van der Waals surface area contributed by atoms with Crippen LogP contribution in [0.5, 0.6) is 0 Å². The third kappa shape index (κ3) is 5.43. The van der Waals surface area contributed by atoms with E-state index in [4.69, 9.17) is 4.98 Å². The van der Waals surface area contributed by atoms with Gasteiger partial charge in [-0.05, 0) is 128 Å². The average molecular weight is 705 g/mol. The van der Waals surface area contributed by atoms with Gasteiger partial charge in [-0.25, -0.2) is 4.98 Å². The highest BCUT2D eigenvalue weighted by molar-refractivity contribution is 6.09. The molecule has 0 bridgehead atoms. The number of hydrogen-bond acceptors (Lipinski definition) is 1. The molecule has 3 aliphatic carbocycles. The van der Waals surface area contributed by atoms with Gasteiger partial charge in [-0.15, -0.1) is 0 Å². The fourth-order valence-electron chi connectivity index (χ4n) is 9.55. The van der Waals surface area contributed by atoms with Gasteiger partial charge in [0.05, 0.1) is 11.0 Å². The molecule has 0 spiro atoms. The van der Waals surface area contributed by atoms with Gasteiger partial charge in [0.15, 0.2) is 0 Å². The maximum Gasteiger partial charge on any atom is 0.145 e. The fraction of sp³-hybridized carbons (Fsp3) is 0.113. The van der Waals surface area contributed by atoms with Crippen LogP contribution in [0.25, 0.3) is 68.3 Å². The largest absolute Gasteiger partial charge is 0.292 e. The van der Waals surface area contributed by atoms with E-state index in [1.165, 1.54) is 72.0 Å². The Bertz CT molecular complexity index is 2880. The van der Waals surface area contributed by atoms with E-state index in [2.05, 4.69) is 181 Å². The summed E-state index contributed by atoms with van der Waals surface area (Å²) in [6.07, 6.45) is 15.1. The lowest BCUT2D eigenvalue weighted by Gasteiger charge is -2.30. The summed E-state index contributed by atoms with van der Waals surface area (Å²) in [5.41, 5.74) is 20.0. The molecular formula is C53H40N2. The van der Waals surface area contributed by atoms with Crippen LogP contribution < -0.4 is 0 Å². The SMILES string of the molecule is C1=CC(c2ccc(-c3nc4ccccc4n3-c3ccccc3)cc2)Cc2c1c(C1=Cc3ccccc3CC1)c1ccccc1c2C1=Cc2ccccc2CC1. The van der Waals surface area contributed by atoms with Gasteiger partial charge in [0.1, 0.15) is 5.82 Å². The molecule has 55 heavy (non-hydrogen) atoms. The Morgan fingerprint density at radius 1 is 0.527 bits per heavy atom. The van der Waals surface area contributed by atoms with E-state index in [1.807, 2.05) is 0 Å². The molecule has 0 fully saturated rings. The number of nitrogens with zero attached hydrogens (tertiary/aromatic N) is 2. The molecule has 1 heterocycles. The second-order valence-electron chi connectivity index (χ2n) is 15.3. The highest BCUT2D eigenvalue weighted by Gasteiger charge is 2.28. The predicted molar refractivity (Wildman–Crippen MR) is 231 cm³/mol. The van der Waals surface area contributed by atoms with Crippen molar-refractivity contribution in [3.05, 3.63) is 208 Å². The van der Waals surface area contributed by atoms with E-state index in [-0.39, 0.29) is 5.92 Å². The van der Waals surface area contributed by atoms with Crippen molar-refractivity contribution >= 4 is 51.2 Å². The van der Waals surface area contributed by atoms with Crippen LogP contribution in [-0.2, 0) is 19.3 Å². The molecule has 0 radical (unpaired) electrons. The molecule has 2 nitrogen and oxygen atoms in total. The third-order valence-electron chi connectivity index (χ3n) is 12.2. The van der Waals surface area contributed by atoms with Crippen molar-refractivity contribution in [2.75, 3.05) is 0 Å². The average Bonchev–Trinajstić information content (AvgIpc) is 3.65. The predicted octanol–water partition coefficient (Wildman–Crippen LogP) is 13.2. The monoisotopic (exact) mass is 704 g/mol. The lowest BCUT2D eigenvalue weighted by molar-refractivity contribution is 0.823. The zero-order valence-electron chi connectivity index (χ0n) is 30.8. The van der Waals surface area contributed by atoms with Crippen molar-refractivity contribution in [2.45, 2.75) is 38.0 Å². The summed E-state index contributed by atoms with van der Waals surface area (Å²) in [7, 11) is 0. The van der Waals surface area contributed by atoms with E-state index in [0.717, 1.165) is 60.2 Å². The normalized spacial score (nSPS) is 16.0. The van der Waals surface area contributed by atoms with Crippen molar-refractivity contribution < 1.29 is 0 Å². The van der Waals surface area contributed by atoms with Crippen LogP contribution >= 0.6 is 0 Å². The molecule has 1 atom stereocenters. The molecule has 0 aliphatic heterocycles. The van der Waals surface area contributed by atoms with Crippen LogP contribution in [-0.4, -0.2) is 9.55 Å². The minimum Gasteiger partial charge on any atom is -0.292 e. The number of aromatic nitrogens is 2. The van der Waals surface area contributed by atoms with Crippen LogP contribution in [0.15, 0.2) is 158 Å². The molecule has 11 rings (SSSR count). The van der Waals surface area contributed by atoms with Gasteiger partial charge in [0.2, 0.25) is 0 Å². The molecule has 2 heteroatoms. The number of benzene rings is 7. The van der Waals surface area contributed by atoms with Crippen LogP contribution in [0.2, 0.25) is 0 Å². The van der Waals surface area contributed by atoms with Gasteiger partial charge in [-0.2, -0.15) is 0 Å². The second-order valence-corrected chi connectivity index (χ2v) is 15.3. The Balaban J connectivity index is 1.05. The van der Waals surface area contributed by atoms with Crippen molar-refractivity contribution in [3.63, 3.8) is 0 Å². The van der Waals surface area contributed by atoms with Crippen molar-refractivity contribution in [1.29, 1.82) is 0 Å². The Kier molecular flexibility index (Phi) is 7.62. The summed E-state index contributed by atoms with van der Waals surface area (Å²) < 4.78 is 2.29. The van der Waals surface area contributed by atoms with Crippen molar-refractivity contribution in [3.8, 4) is 17.1 Å². The summed E-state index contributed by atoms with van der Waals surface area (Å²) in [5.74, 6) is 1.23. The molecule has 1 aromatic heterocycles. The zero-order chi connectivity index (χ0) is 36.3. The number of hydrogen-bond donors (Lipinski definition) is 0. The first-order valence-electron chi connectivity index (χ1n) is 19.7. The minimum absolute atomic E-state index is 0.264. The highest BCUT2D eigenvalue weighted by atomic mass is 15.1. The lowest BCUT2D eigenvalue weighted by atomic mass is 9.73. The van der Waals surface area contributed by atoms with Crippen LogP contribution in [0.4, 0.5) is 0 Å². The Morgan fingerprint density at radius 2 is 1.13 bits per heavy atom. The molecule has 7 aromatic carbocycles. The summed E-state index contributed by atoms with van der Waals surface area (Å²) in [4.78, 5) is 5.15. The van der Waals surface area contributed by atoms with Crippen molar-refractivity contribution in [1.82, 2.24) is 9.55 Å². The maximum absolute atomic E-state index is 5.15. The highest BCUT2D eigenvalue weighted by Crippen LogP contribution is 2.47. The smallest absolute Gasteiger partial charge is 0.145 e. The summed E-state index contributed by atoms with van der Waals surface area (Å²) in [6, 6.07) is 55.3. The van der Waals surface area contributed by atoms with Crippen LogP contribution in [0.1, 0.15) is 68.8 Å². The maximum atomic E-state index is 5.15. The van der Waals surface area contributed by atoms with E-state index in [9.17, 15) is 0 Å². The molecule has 262 valence electrons. The first kappa shape index (κ1) is 32.0. The quantitative estimate of drug-likeness (QED) is 0.174. The van der Waals surface area contributed by atoms with Crippen molar-refractivity contribution in [2.24, 2.45) is 0 Å². The molecule has 0 saturated heterocycles. The van der Waals surface area contributed by atoms with Gasteiger partial charge in [-0.3, -0.25) is 4.57 Å².